The maximum atomic E-state index is 14.1. The SMILES string of the molecule is CCCCNC(=O)[C@H](CC)N(Cc1ccc(F)cc1)C(=O)CN(c1ccc(Cl)cc1C)S(=O)(=O)c1ccc(C)cc1. The third-order valence-electron chi connectivity index (χ3n) is 6.80. The Labute approximate surface area is 247 Å². The monoisotopic (exact) mass is 601 g/mol. The molecule has 41 heavy (non-hydrogen) atoms. The molecular formula is C31H37ClFN3O4S. The molecule has 3 rings (SSSR count). The molecule has 1 atom stereocenters. The molecule has 0 saturated carbocycles. The molecule has 0 spiro atoms. The van der Waals surface area contributed by atoms with Crippen LogP contribution in [0, 0.1) is 19.7 Å². The zero-order chi connectivity index (χ0) is 30.2. The Hall–Kier alpha value is -3.43. The lowest BCUT2D eigenvalue weighted by Gasteiger charge is -2.33. The quantitative estimate of drug-likeness (QED) is 0.243. The predicted octanol–water partition coefficient (Wildman–Crippen LogP) is 6.01. The summed E-state index contributed by atoms with van der Waals surface area (Å²) in [5.41, 5.74) is 2.36. The summed E-state index contributed by atoms with van der Waals surface area (Å²) in [5.74, 6) is -1.33. The molecule has 0 fully saturated rings. The number of benzene rings is 3. The lowest BCUT2D eigenvalue weighted by atomic mass is 10.1. The molecule has 0 aliphatic carbocycles. The Morgan fingerprint density at radius 3 is 2.22 bits per heavy atom. The number of aryl methyl sites for hydroxylation is 2. The van der Waals surface area contributed by atoms with E-state index >= 15 is 0 Å². The number of anilines is 1. The molecule has 0 aliphatic rings. The van der Waals surface area contributed by atoms with Crippen LogP contribution in [0.25, 0.3) is 0 Å². The number of halogens is 2. The maximum absolute atomic E-state index is 14.1. The number of carbonyl (C=O) groups is 2. The lowest BCUT2D eigenvalue weighted by molar-refractivity contribution is -0.140. The fourth-order valence-electron chi connectivity index (χ4n) is 4.46. The predicted molar refractivity (Wildman–Crippen MR) is 161 cm³/mol. The Bertz CT molecular complexity index is 1450. The van der Waals surface area contributed by atoms with Gasteiger partial charge in [0.2, 0.25) is 11.8 Å². The number of carbonyl (C=O) groups excluding carboxylic acids is 2. The molecular weight excluding hydrogens is 565 g/mol. The molecule has 0 saturated heterocycles. The first-order valence-corrected chi connectivity index (χ1v) is 15.5. The zero-order valence-corrected chi connectivity index (χ0v) is 25.4. The molecule has 3 aromatic carbocycles. The van der Waals surface area contributed by atoms with Crippen molar-refractivity contribution in [1.82, 2.24) is 10.2 Å². The number of unbranched alkanes of at least 4 members (excludes halogenated alkanes) is 1. The summed E-state index contributed by atoms with van der Waals surface area (Å²) in [5, 5.41) is 3.32. The van der Waals surface area contributed by atoms with E-state index in [1.54, 1.807) is 56.3 Å². The summed E-state index contributed by atoms with van der Waals surface area (Å²) in [6.45, 7) is 7.27. The number of hydrogen-bond acceptors (Lipinski definition) is 4. The molecule has 0 unspecified atom stereocenters. The number of rotatable bonds is 13. The second-order valence-electron chi connectivity index (χ2n) is 9.97. The Morgan fingerprint density at radius 1 is 0.976 bits per heavy atom. The van der Waals surface area contributed by atoms with Gasteiger partial charge < -0.3 is 10.2 Å². The highest BCUT2D eigenvalue weighted by atomic mass is 35.5. The molecule has 7 nitrogen and oxygen atoms in total. The Kier molecular flexibility index (Phi) is 11.3. The van der Waals surface area contributed by atoms with E-state index in [2.05, 4.69) is 5.32 Å². The van der Waals surface area contributed by atoms with Crippen LogP contribution >= 0.6 is 11.6 Å². The summed E-state index contributed by atoms with van der Waals surface area (Å²) in [6, 6.07) is 15.9. The van der Waals surface area contributed by atoms with Crippen LogP contribution in [0.15, 0.2) is 71.6 Å². The van der Waals surface area contributed by atoms with Gasteiger partial charge >= 0.3 is 0 Å². The first-order chi connectivity index (χ1) is 19.5. The number of amides is 2. The normalized spacial score (nSPS) is 12.0. The van der Waals surface area contributed by atoms with E-state index in [4.69, 9.17) is 11.6 Å². The highest BCUT2D eigenvalue weighted by Gasteiger charge is 2.34. The van der Waals surface area contributed by atoms with Gasteiger partial charge in [-0.2, -0.15) is 0 Å². The van der Waals surface area contributed by atoms with Gasteiger partial charge in [0.1, 0.15) is 18.4 Å². The minimum absolute atomic E-state index is 0.00314. The van der Waals surface area contributed by atoms with Crippen LogP contribution in [-0.2, 0) is 26.2 Å². The smallest absolute Gasteiger partial charge is 0.264 e. The van der Waals surface area contributed by atoms with Crippen LogP contribution in [0.5, 0.6) is 0 Å². The van der Waals surface area contributed by atoms with Crippen LogP contribution in [0.4, 0.5) is 10.1 Å². The number of nitrogens with zero attached hydrogens (tertiary/aromatic N) is 2. The van der Waals surface area contributed by atoms with Crippen molar-refractivity contribution in [2.75, 3.05) is 17.4 Å². The van der Waals surface area contributed by atoms with Crippen molar-refractivity contribution < 1.29 is 22.4 Å². The number of nitrogens with one attached hydrogen (secondary N) is 1. The second kappa shape index (κ2) is 14.5. The van der Waals surface area contributed by atoms with Gasteiger partial charge in [0.15, 0.2) is 0 Å². The van der Waals surface area contributed by atoms with Crippen LogP contribution in [0.2, 0.25) is 5.02 Å². The van der Waals surface area contributed by atoms with E-state index in [0.29, 0.717) is 34.8 Å². The van der Waals surface area contributed by atoms with Gasteiger partial charge in [-0.15, -0.1) is 0 Å². The second-order valence-corrected chi connectivity index (χ2v) is 12.3. The van der Waals surface area contributed by atoms with Gasteiger partial charge in [0, 0.05) is 18.1 Å². The van der Waals surface area contributed by atoms with Gasteiger partial charge in [0.25, 0.3) is 10.0 Å². The molecule has 0 radical (unpaired) electrons. The van der Waals surface area contributed by atoms with E-state index in [1.165, 1.54) is 29.2 Å². The first-order valence-electron chi connectivity index (χ1n) is 13.6. The maximum Gasteiger partial charge on any atom is 0.264 e. The molecule has 0 bridgehead atoms. The van der Waals surface area contributed by atoms with E-state index < -0.39 is 34.3 Å². The van der Waals surface area contributed by atoms with Gasteiger partial charge in [0.05, 0.1) is 10.6 Å². The average molecular weight is 602 g/mol. The van der Waals surface area contributed by atoms with Crippen LogP contribution in [-0.4, -0.2) is 44.3 Å². The molecule has 0 heterocycles. The van der Waals surface area contributed by atoms with Crippen molar-refractivity contribution in [2.45, 2.75) is 64.4 Å². The van der Waals surface area contributed by atoms with Crippen molar-refractivity contribution in [3.63, 3.8) is 0 Å². The van der Waals surface area contributed by atoms with Crippen molar-refractivity contribution in [1.29, 1.82) is 0 Å². The molecule has 2 amide bonds. The summed E-state index contributed by atoms with van der Waals surface area (Å²) in [7, 11) is -4.19. The van der Waals surface area contributed by atoms with E-state index in [9.17, 15) is 22.4 Å². The standard InChI is InChI=1S/C31H37ClFN3O4S/c1-5-7-18-34-31(38)28(6-2)35(20-24-10-13-26(33)14-11-24)30(37)21-36(29-17-12-25(32)19-23(29)4)41(39,40)27-15-8-22(3)9-16-27/h8-17,19,28H,5-7,18,20-21H2,1-4H3,(H,34,38)/t28-/m0/s1. The average Bonchev–Trinajstić information content (AvgIpc) is 2.93. The van der Waals surface area contributed by atoms with Gasteiger partial charge in [-0.1, -0.05) is 61.7 Å². The van der Waals surface area contributed by atoms with Gasteiger partial charge in [-0.05, 0) is 80.3 Å². The van der Waals surface area contributed by atoms with Crippen molar-refractivity contribution >= 4 is 39.1 Å². The van der Waals surface area contributed by atoms with Crippen molar-refractivity contribution in [2.24, 2.45) is 0 Å². The molecule has 3 aromatic rings. The Morgan fingerprint density at radius 2 is 1.63 bits per heavy atom. The lowest BCUT2D eigenvalue weighted by Crippen LogP contribution is -2.52. The third kappa shape index (κ3) is 8.30. The minimum Gasteiger partial charge on any atom is -0.354 e. The highest BCUT2D eigenvalue weighted by molar-refractivity contribution is 7.92. The van der Waals surface area contributed by atoms with E-state index in [1.807, 2.05) is 13.8 Å². The minimum atomic E-state index is -4.19. The van der Waals surface area contributed by atoms with E-state index in [-0.39, 0.29) is 17.3 Å². The van der Waals surface area contributed by atoms with E-state index in [0.717, 1.165) is 22.7 Å². The van der Waals surface area contributed by atoms with Crippen LogP contribution in [0.3, 0.4) is 0 Å². The summed E-state index contributed by atoms with van der Waals surface area (Å²) in [6.07, 6.45) is 1.98. The third-order valence-corrected chi connectivity index (χ3v) is 8.81. The first kappa shape index (κ1) is 32.1. The molecule has 0 aliphatic heterocycles. The molecule has 0 aromatic heterocycles. The Balaban J connectivity index is 2.06. The molecule has 10 heteroatoms. The summed E-state index contributed by atoms with van der Waals surface area (Å²) >= 11 is 6.16. The summed E-state index contributed by atoms with van der Waals surface area (Å²) in [4.78, 5) is 28.7. The van der Waals surface area contributed by atoms with Gasteiger partial charge in [-0.25, -0.2) is 12.8 Å². The van der Waals surface area contributed by atoms with Crippen molar-refractivity contribution in [3.05, 3.63) is 94.3 Å². The van der Waals surface area contributed by atoms with Gasteiger partial charge in [-0.3, -0.25) is 13.9 Å². The number of sulfonamides is 1. The largest absolute Gasteiger partial charge is 0.354 e. The number of hydrogen-bond donors (Lipinski definition) is 1. The van der Waals surface area contributed by atoms with Crippen LogP contribution in [0.1, 0.15) is 49.8 Å². The topological polar surface area (TPSA) is 86.8 Å². The fraction of sp³-hybridized carbons (Fsp3) is 0.355. The molecule has 1 N–H and O–H groups in total. The highest BCUT2D eigenvalue weighted by Crippen LogP contribution is 2.29. The van der Waals surface area contributed by atoms with Crippen LogP contribution < -0.4 is 9.62 Å². The summed E-state index contributed by atoms with van der Waals surface area (Å²) < 4.78 is 42.7. The van der Waals surface area contributed by atoms with Crippen molar-refractivity contribution in [3.8, 4) is 0 Å². The fourth-order valence-corrected chi connectivity index (χ4v) is 6.17. The zero-order valence-electron chi connectivity index (χ0n) is 23.9. The molecule has 220 valence electrons.